The molecule has 118 valence electrons. The molecule has 0 aliphatic heterocycles. The van der Waals surface area contributed by atoms with Gasteiger partial charge in [-0.1, -0.05) is 26.8 Å². The molecule has 0 spiro atoms. The highest BCUT2D eigenvalue weighted by Gasteiger charge is 2.29. The molecular weight excluding hydrogens is 284 g/mol. The number of aryl methyl sites for hydroxylation is 2. The van der Waals surface area contributed by atoms with E-state index in [0.717, 1.165) is 19.3 Å². The Morgan fingerprint density at radius 3 is 2.38 bits per heavy atom. The third-order valence-electron chi connectivity index (χ3n) is 4.21. The highest BCUT2D eigenvalue weighted by Crippen LogP contribution is 2.25. The zero-order valence-electron chi connectivity index (χ0n) is 13.1. The van der Waals surface area contributed by atoms with Gasteiger partial charge in [-0.15, -0.1) is 0 Å². The Kier molecular flexibility index (Phi) is 4.76. The molecule has 21 heavy (non-hydrogen) atoms. The molecule has 1 aromatic rings. The number of benzene rings is 1. The van der Waals surface area contributed by atoms with Gasteiger partial charge in [0, 0.05) is 12.6 Å². The van der Waals surface area contributed by atoms with Crippen molar-refractivity contribution in [3.05, 3.63) is 29.3 Å². The van der Waals surface area contributed by atoms with Crippen molar-refractivity contribution in [3.8, 4) is 0 Å². The standard InChI is InChI=1S/C16H26N2O2S/c1-16(2,3)15(11-17)18-21(19,20)14-9-8-12-6-4-5-7-13(12)10-14/h8-10,15,18H,4-7,11,17H2,1-3H3. The Balaban J connectivity index is 2.27. The first kappa shape index (κ1) is 16.5. The van der Waals surface area contributed by atoms with E-state index in [2.05, 4.69) is 4.72 Å². The summed E-state index contributed by atoms with van der Waals surface area (Å²) in [5.41, 5.74) is 7.97. The molecule has 1 unspecified atom stereocenters. The van der Waals surface area contributed by atoms with E-state index < -0.39 is 10.0 Å². The molecule has 0 amide bonds. The first-order valence-corrected chi connectivity index (χ1v) is 9.06. The second-order valence-electron chi connectivity index (χ2n) is 6.91. The summed E-state index contributed by atoms with van der Waals surface area (Å²) in [6.07, 6.45) is 4.35. The molecule has 0 aromatic heterocycles. The normalized spacial score (nSPS) is 17.3. The van der Waals surface area contributed by atoms with Crippen molar-refractivity contribution >= 4 is 10.0 Å². The average molecular weight is 310 g/mol. The van der Waals surface area contributed by atoms with Crippen LogP contribution < -0.4 is 10.5 Å². The molecule has 1 atom stereocenters. The van der Waals surface area contributed by atoms with Crippen molar-refractivity contribution in [2.75, 3.05) is 6.54 Å². The van der Waals surface area contributed by atoms with Gasteiger partial charge in [0.15, 0.2) is 0 Å². The number of nitrogens with two attached hydrogens (primary N) is 1. The van der Waals surface area contributed by atoms with E-state index in [1.165, 1.54) is 17.5 Å². The Bertz CT molecular complexity index is 603. The van der Waals surface area contributed by atoms with Gasteiger partial charge >= 0.3 is 0 Å². The highest BCUT2D eigenvalue weighted by atomic mass is 32.2. The summed E-state index contributed by atoms with van der Waals surface area (Å²) in [4.78, 5) is 0.353. The van der Waals surface area contributed by atoms with E-state index in [1.54, 1.807) is 6.07 Å². The van der Waals surface area contributed by atoms with E-state index in [9.17, 15) is 8.42 Å². The van der Waals surface area contributed by atoms with Gasteiger partial charge in [0.05, 0.1) is 4.90 Å². The Morgan fingerprint density at radius 1 is 1.19 bits per heavy atom. The third-order valence-corrected chi connectivity index (χ3v) is 5.68. The van der Waals surface area contributed by atoms with E-state index in [1.807, 2.05) is 32.9 Å². The van der Waals surface area contributed by atoms with E-state index >= 15 is 0 Å². The molecule has 0 fully saturated rings. The lowest BCUT2D eigenvalue weighted by molar-refractivity contribution is 0.304. The summed E-state index contributed by atoms with van der Waals surface area (Å²) >= 11 is 0. The monoisotopic (exact) mass is 310 g/mol. The van der Waals surface area contributed by atoms with Crippen molar-refractivity contribution in [2.45, 2.75) is 57.4 Å². The molecule has 1 aliphatic carbocycles. The molecule has 1 aromatic carbocycles. The lowest BCUT2D eigenvalue weighted by atomic mass is 9.88. The van der Waals surface area contributed by atoms with E-state index in [-0.39, 0.29) is 18.0 Å². The van der Waals surface area contributed by atoms with Gasteiger partial charge in [0.25, 0.3) is 0 Å². The van der Waals surface area contributed by atoms with Crippen LogP contribution in [0.3, 0.4) is 0 Å². The number of nitrogens with one attached hydrogen (secondary N) is 1. The minimum absolute atomic E-state index is 0.212. The summed E-state index contributed by atoms with van der Waals surface area (Å²) in [5, 5.41) is 0. The van der Waals surface area contributed by atoms with Crippen molar-refractivity contribution in [3.63, 3.8) is 0 Å². The van der Waals surface area contributed by atoms with Crippen LogP contribution in [0.15, 0.2) is 23.1 Å². The molecule has 1 aliphatic rings. The van der Waals surface area contributed by atoms with E-state index in [0.29, 0.717) is 4.90 Å². The van der Waals surface area contributed by atoms with Crippen molar-refractivity contribution in [2.24, 2.45) is 11.1 Å². The van der Waals surface area contributed by atoms with Crippen molar-refractivity contribution in [1.82, 2.24) is 4.72 Å². The average Bonchev–Trinajstić information content (AvgIpc) is 2.43. The largest absolute Gasteiger partial charge is 0.329 e. The Morgan fingerprint density at radius 2 is 1.81 bits per heavy atom. The van der Waals surface area contributed by atoms with Crippen LogP contribution in [0, 0.1) is 5.41 Å². The van der Waals surface area contributed by atoms with Gasteiger partial charge in [-0.3, -0.25) is 0 Å². The lowest BCUT2D eigenvalue weighted by Gasteiger charge is -2.30. The van der Waals surface area contributed by atoms with E-state index in [4.69, 9.17) is 5.73 Å². The summed E-state index contributed by atoms with van der Waals surface area (Å²) in [7, 11) is -3.52. The van der Waals surface area contributed by atoms with Gasteiger partial charge < -0.3 is 5.73 Å². The minimum Gasteiger partial charge on any atom is -0.329 e. The van der Waals surface area contributed by atoms with Gasteiger partial charge in [-0.25, -0.2) is 13.1 Å². The fraction of sp³-hybridized carbons (Fsp3) is 0.625. The summed E-state index contributed by atoms with van der Waals surface area (Å²) < 4.78 is 27.9. The van der Waals surface area contributed by atoms with Crippen LogP contribution in [0.4, 0.5) is 0 Å². The highest BCUT2D eigenvalue weighted by molar-refractivity contribution is 7.89. The van der Waals surface area contributed by atoms with Crippen LogP contribution >= 0.6 is 0 Å². The first-order valence-electron chi connectivity index (χ1n) is 7.58. The van der Waals surface area contributed by atoms with Crippen molar-refractivity contribution < 1.29 is 8.42 Å². The second kappa shape index (κ2) is 6.07. The minimum atomic E-state index is -3.52. The van der Waals surface area contributed by atoms with Gasteiger partial charge in [-0.05, 0) is 54.4 Å². The maximum Gasteiger partial charge on any atom is 0.240 e. The van der Waals surface area contributed by atoms with Gasteiger partial charge in [0.1, 0.15) is 0 Å². The topological polar surface area (TPSA) is 72.2 Å². The predicted octanol–water partition coefficient (Wildman–Crippen LogP) is 2.22. The number of hydrogen-bond acceptors (Lipinski definition) is 3. The van der Waals surface area contributed by atoms with Crippen molar-refractivity contribution in [1.29, 1.82) is 0 Å². The van der Waals surface area contributed by atoms with Crippen LogP contribution in [-0.4, -0.2) is 21.0 Å². The summed E-state index contributed by atoms with van der Waals surface area (Å²) in [6.45, 7) is 6.24. The molecule has 2 rings (SSSR count). The molecule has 3 N–H and O–H groups in total. The van der Waals surface area contributed by atoms with Crippen LogP contribution in [0.1, 0.15) is 44.7 Å². The smallest absolute Gasteiger partial charge is 0.240 e. The van der Waals surface area contributed by atoms with Gasteiger partial charge in [0.2, 0.25) is 10.0 Å². The lowest BCUT2D eigenvalue weighted by Crippen LogP contribution is -2.48. The molecular formula is C16H26N2O2S. The van der Waals surface area contributed by atoms with Crippen LogP contribution in [0.25, 0.3) is 0 Å². The fourth-order valence-corrected chi connectivity index (χ4v) is 4.22. The predicted molar refractivity (Wildman–Crippen MR) is 85.7 cm³/mol. The Labute approximate surface area is 128 Å². The molecule has 0 saturated heterocycles. The maximum absolute atomic E-state index is 12.6. The Hall–Kier alpha value is -0.910. The summed E-state index contributed by atoms with van der Waals surface area (Å²) in [6, 6.07) is 5.21. The molecule has 0 bridgehead atoms. The van der Waals surface area contributed by atoms with Gasteiger partial charge in [-0.2, -0.15) is 0 Å². The third kappa shape index (κ3) is 3.84. The first-order chi connectivity index (χ1) is 9.74. The van der Waals surface area contributed by atoms with Crippen LogP contribution in [0.5, 0.6) is 0 Å². The number of sulfonamides is 1. The zero-order valence-corrected chi connectivity index (χ0v) is 14.0. The van der Waals surface area contributed by atoms with Crippen LogP contribution in [0.2, 0.25) is 0 Å². The van der Waals surface area contributed by atoms with Crippen LogP contribution in [-0.2, 0) is 22.9 Å². The molecule has 0 saturated carbocycles. The SMILES string of the molecule is CC(C)(C)C(CN)NS(=O)(=O)c1ccc2c(c1)CCCC2. The molecule has 0 heterocycles. The molecule has 5 heteroatoms. The summed E-state index contributed by atoms with van der Waals surface area (Å²) in [5.74, 6) is 0. The molecule has 4 nitrogen and oxygen atoms in total. The molecule has 0 radical (unpaired) electrons. The maximum atomic E-state index is 12.6. The number of hydrogen-bond donors (Lipinski definition) is 2. The second-order valence-corrected chi connectivity index (χ2v) is 8.63. The number of fused-ring (bicyclic) bond motifs is 1. The fourth-order valence-electron chi connectivity index (χ4n) is 2.71. The number of rotatable bonds is 4. The zero-order chi connectivity index (χ0) is 15.7. The quantitative estimate of drug-likeness (QED) is 0.895.